The molecule has 2 N–H and O–H groups in total. The summed E-state index contributed by atoms with van der Waals surface area (Å²) >= 11 is 0. The molecule has 26 heavy (non-hydrogen) atoms. The Hall–Kier alpha value is -2.39. The summed E-state index contributed by atoms with van der Waals surface area (Å²) in [5, 5.41) is 9.18. The third kappa shape index (κ3) is 4.83. The van der Waals surface area contributed by atoms with Crippen LogP contribution in [0.15, 0.2) is 47.2 Å². The van der Waals surface area contributed by atoms with E-state index in [2.05, 4.69) is 15.8 Å². The van der Waals surface area contributed by atoms with Crippen molar-refractivity contribution in [1.29, 1.82) is 0 Å². The number of urea groups is 1. The number of nitrogens with one attached hydrogen (secondary N) is 2. The first-order chi connectivity index (χ1) is 12.5. The first kappa shape index (κ1) is 18.4. The highest BCUT2D eigenvalue weighted by Gasteiger charge is 2.33. The van der Waals surface area contributed by atoms with Gasteiger partial charge in [-0.05, 0) is 25.0 Å². The first-order valence-corrected chi connectivity index (χ1v) is 10.1. The highest BCUT2D eigenvalue weighted by Crippen LogP contribution is 2.22. The van der Waals surface area contributed by atoms with Gasteiger partial charge in [0.05, 0.1) is 5.69 Å². The zero-order valence-corrected chi connectivity index (χ0v) is 15.1. The number of para-hydroxylation sites is 1. The molecule has 0 saturated carbocycles. The summed E-state index contributed by atoms with van der Waals surface area (Å²) in [6.45, 7) is 0.712. The Kier molecular flexibility index (Phi) is 5.89. The van der Waals surface area contributed by atoms with Gasteiger partial charge >= 0.3 is 6.03 Å². The van der Waals surface area contributed by atoms with E-state index in [0.29, 0.717) is 24.3 Å². The number of carbonyl (C=O) groups excluding carboxylic acids is 1. The number of sulfonamides is 1. The number of anilines is 1. The van der Waals surface area contributed by atoms with Gasteiger partial charge in [0.15, 0.2) is 0 Å². The Bertz CT molecular complexity index is 809. The van der Waals surface area contributed by atoms with Crippen LogP contribution in [0.25, 0.3) is 0 Å². The lowest BCUT2D eigenvalue weighted by Gasteiger charge is -2.34. The average Bonchev–Trinajstić information content (AvgIpc) is 3.13. The number of hydrogen-bond donors (Lipinski definition) is 2. The topological polar surface area (TPSA) is 105 Å². The molecule has 0 aliphatic carbocycles. The molecule has 2 amide bonds. The highest BCUT2D eigenvalue weighted by molar-refractivity contribution is 7.88. The van der Waals surface area contributed by atoms with E-state index < -0.39 is 10.0 Å². The number of amides is 2. The molecule has 1 aliphatic rings. The van der Waals surface area contributed by atoms with Crippen molar-refractivity contribution in [2.24, 2.45) is 0 Å². The van der Waals surface area contributed by atoms with Gasteiger partial charge in [0.2, 0.25) is 10.0 Å². The van der Waals surface area contributed by atoms with Crippen molar-refractivity contribution in [2.45, 2.75) is 31.1 Å². The lowest BCUT2D eigenvalue weighted by molar-refractivity contribution is 0.231. The monoisotopic (exact) mass is 378 g/mol. The van der Waals surface area contributed by atoms with Crippen molar-refractivity contribution >= 4 is 21.7 Å². The van der Waals surface area contributed by atoms with Gasteiger partial charge in [-0.25, -0.2) is 13.2 Å². The molecule has 1 aromatic heterocycles. The molecule has 2 aromatic rings. The molecule has 140 valence electrons. The van der Waals surface area contributed by atoms with Crippen LogP contribution in [0.5, 0.6) is 0 Å². The van der Waals surface area contributed by atoms with E-state index in [1.54, 1.807) is 18.2 Å². The minimum Gasteiger partial charge on any atom is -0.364 e. The minimum atomic E-state index is -3.52. The van der Waals surface area contributed by atoms with E-state index in [4.69, 9.17) is 4.52 Å². The molecule has 0 spiro atoms. The second-order valence-electron chi connectivity index (χ2n) is 6.21. The van der Waals surface area contributed by atoms with Gasteiger partial charge in [0.25, 0.3) is 0 Å². The molecule has 1 aromatic carbocycles. The molecule has 1 atom stereocenters. The van der Waals surface area contributed by atoms with Crippen LogP contribution < -0.4 is 10.6 Å². The maximum atomic E-state index is 12.7. The molecule has 2 heterocycles. The maximum absolute atomic E-state index is 12.7. The highest BCUT2D eigenvalue weighted by atomic mass is 32.2. The normalized spacial score (nSPS) is 18.4. The van der Waals surface area contributed by atoms with Crippen molar-refractivity contribution in [3.8, 4) is 0 Å². The fourth-order valence-electron chi connectivity index (χ4n) is 3.03. The van der Waals surface area contributed by atoms with E-state index in [1.165, 1.54) is 10.6 Å². The minimum absolute atomic E-state index is 0.198. The molecule has 9 heteroatoms. The second-order valence-corrected chi connectivity index (χ2v) is 8.13. The maximum Gasteiger partial charge on any atom is 0.319 e. The van der Waals surface area contributed by atoms with Crippen molar-refractivity contribution in [1.82, 2.24) is 14.8 Å². The standard InChI is InChI=1S/C17H22N4O4S/c22-17(19-14-6-2-1-3-7-14)18-12-16-8-4-5-10-21(16)26(23,24)13-15-9-11-25-20-15/h1-3,6-7,9,11,16H,4-5,8,10,12-13H2,(H2,18,19,22). The fourth-order valence-corrected chi connectivity index (χ4v) is 4.76. The molecule has 1 unspecified atom stereocenters. The van der Waals surface area contributed by atoms with Crippen molar-refractivity contribution in [3.05, 3.63) is 48.4 Å². The van der Waals surface area contributed by atoms with Crippen molar-refractivity contribution in [2.75, 3.05) is 18.4 Å². The third-order valence-corrected chi connectivity index (χ3v) is 6.14. The summed E-state index contributed by atoms with van der Waals surface area (Å²) in [7, 11) is -3.52. The molecule has 1 fully saturated rings. The Labute approximate surface area is 152 Å². The van der Waals surface area contributed by atoms with Crippen LogP contribution >= 0.6 is 0 Å². The van der Waals surface area contributed by atoms with Crippen LogP contribution in [0.1, 0.15) is 25.0 Å². The van der Waals surface area contributed by atoms with Gasteiger partial charge in [0.1, 0.15) is 12.0 Å². The Morgan fingerprint density at radius 1 is 1.23 bits per heavy atom. The number of piperidine rings is 1. The summed E-state index contributed by atoms with van der Waals surface area (Å²) in [6.07, 6.45) is 3.81. The zero-order chi connectivity index (χ0) is 18.4. The fraction of sp³-hybridized carbons (Fsp3) is 0.412. The number of benzene rings is 1. The van der Waals surface area contributed by atoms with E-state index in [9.17, 15) is 13.2 Å². The molecular weight excluding hydrogens is 356 g/mol. The largest absolute Gasteiger partial charge is 0.364 e. The summed E-state index contributed by atoms with van der Waals surface area (Å²) < 4.78 is 31.6. The van der Waals surface area contributed by atoms with Crippen molar-refractivity contribution < 1.29 is 17.7 Å². The third-order valence-electron chi connectivity index (χ3n) is 4.28. The Morgan fingerprint density at radius 2 is 2.04 bits per heavy atom. The van der Waals surface area contributed by atoms with E-state index >= 15 is 0 Å². The van der Waals surface area contributed by atoms with Crippen LogP contribution in [0.4, 0.5) is 10.5 Å². The summed E-state index contributed by atoms with van der Waals surface area (Å²) in [5.41, 5.74) is 1.06. The van der Waals surface area contributed by atoms with Gasteiger partial charge in [-0.1, -0.05) is 29.8 Å². The molecular formula is C17H22N4O4S. The van der Waals surface area contributed by atoms with E-state index in [0.717, 1.165) is 12.8 Å². The van der Waals surface area contributed by atoms with Crippen LogP contribution in [0, 0.1) is 0 Å². The molecule has 1 aliphatic heterocycles. The van der Waals surface area contributed by atoms with Crippen molar-refractivity contribution in [3.63, 3.8) is 0 Å². The Balaban J connectivity index is 1.59. The van der Waals surface area contributed by atoms with Gasteiger partial charge in [-0.2, -0.15) is 4.31 Å². The second kappa shape index (κ2) is 8.33. The quantitative estimate of drug-likeness (QED) is 0.802. The number of carbonyl (C=O) groups is 1. The summed E-state index contributed by atoms with van der Waals surface area (Å²) in [4.78, 5) is 12.1. The lowest BCUT2D eigenvalue weighted by atomic mass is 10.1. The van der Waals surface area contributed by atoms with E-state index in [1.807, 2.05) is 18.2 Å². The van der Waals surface area contributed by atoms with Crippen LogP contribution in [-0.4, -0.2) is 43.0 Å². The molecule has 3 rings (SSSR count). The van der Waals surface area contributed by atoms with Gasteiger partial charge in [-0.15, -0.1) is 0 Å². The predicted molar refractivity (Wildman–Crippen MR) is 96.9 cm³/mol. The molecule has 0 radical (unpaired) electrons. The number of hydrogen-bond acceptors (Lipinski definition) is 5. The van der Waals surface area contributed by atoms with Gasteiger partial charge < -0.3 is 15.2 Å². The molecule has 8 nitrogen and oxygen atoms in total. The van der Waals surface area contributed by atoms with Crippen LogP contribution in [0.3, 0.4) is 0 Å². The van der Waals surface area contributed by atoms with Gasteiger partial charge in [-0.3, -0.25) is 0 Å². The number of aromatic nitrogens is 1. The SMILES string of the molecule is O=C(NCC1CCCCN1S(=O)(=O)Cc1ccon1)Nc1ccccc1. The summed E-state index contributed by atoms with van der Waals surface area (Å²) in [6, 6.07) is 10.0. The number of rotatable bonds is 6. The van der Waals surface area contributed by atoms with E-state index in [-0.39, 0.29) is 24.4 Å². The Morgan fingerprint density at radius 3 is 2.77 bits per heavy atom. The smallest absolute Gasteiger partial charge is 0.319 e. The lowest BCUT2D eigenvalue weighted by Crippen LogP contribution is -2.50. The predicted octanol–water partition coefficient (Wildman–Crippen LogP) is 2.18. The van der Waals surface area contributed by atoms with Gasteiger partial charge in [0, 0.05) is 30.9 Å². The first-order valence-electron chi connectivity index (χ1n) is 8.53. The van der Waals surface area contributed by atoms with Crippen LogP contribution in [0.2, 0.25) is 0 Å². The van der Waals surface area contributed by atoms with Crippen LogP contribution in [-0.2, 0) is 15.8 Å². The number of nitrogens with zero attached hydrogens (tertiary/aromatic N) is 2. The molecule has 0 bridgehead atoms. The summed E-state index contributed by atoms with van der Waals surface area (Å²) in [5.74, 6) is -0.198. The average molecular weight is 378 g/mol. The molecule has 1 saturated heterocycles. The zero-order valence-electron chi connectivity index (χ0n) is 14.3.